The summed E-state index contributed by atoms with van der Waals surface area (Å²) in [6.07, 6.45) is 2.82. The number of carboxylic acids is 1. The second-order valence-corrected chi connectivity index (χ2v) is 6.77. The van der Waals surface area contributed by atoms with E-state index in [0.29, 0.717) is 32.4 Å². The number of carbonyl (C=O) groups excluding carboxylic acids is 2. The standard InChI is InChI=1S/C19H24N2O5/c22-17(20-12-6-10-16(20)18(23)24)15-9-4-5-11-21(15)19(25)26-13-14-7-2-1-3-8-14/h1-3,7-8,15-16H,4-6,9-13H2,(H,23,24)/t15?,16-/m0/s1. The van der Waals surface area contributed by atoms with Crippen LogP contribution in [-0.4, -0.2) is 58.0 Å². The van der Waals surface area contributed by atoms with Crippen LogP contribution in [0, 0.1) is 0 Å². The van der Waals surface area contributed by atoms with Crippen LogP contribution in [0.5, 0.6) is 0 Å². The van der Waals surface area contributed by atoms with Crippen LogP contribution in [0.25, 0.3) is 0 Å². The predicted molar refractivity (Wildman–Crippen MR) is 93.3 cm³/mol. The van der Waals surface area contributed by atoms with Crippen molar-refractivity contribution in [3.63, 3.8) is 0 Å². The fraction of sp³-hybridized carbons (Fsp3) is 0.526. The maximum atomic E-state index is 12.9. The van der Waals surface area contributed by atoms with E-state index in [1.807, 2.05) is 30.3 Å². The van der Waals surface area contributed by atoms with Gasteiger partial charge >= 0.3 is 12.1 Å². The van der Waals surface area contributed by atoms with Crippen molar-refractivity contribution in [3.8, 4) is 0 Å². The number of benzene rings is 1. The molecule has 0 saturated carbocycles. The summed E-state index contributed by atoms with van der Waals surface area (Å²) >= 11 is 0. The molecule has 2 saturated heterocycles. The lowest BCUT2D eigenvalue weighted by Crippen LogP contribution is -2.55. The highest BCUT2D eigenvalue weighted by molar-refractivity contribution is 5.90. The normalized spacial score (nSPS) is 22.9. The molecule has 2 heterocycles. The Labute approximate surface area is 152 Å². The molecular formula is C19H24N2O5. The molecule has 26 heavy (non-hydrogen) atoms. The summed E-state index contributed by atoms with van der Waals surface area (Å²) in [5, 5.41) is 9.32. The Morgan fingerprint density at radius 2 is 1.65 bits per heavy atom. The molecule has 3 rings (SSSR count). The Morgan fingerprint density at radius 1 is 0.962 bits per heavy atom. The van der Waals surface area contributed by atoms with Gasteiger partial charge in [0.15, 0.2) is 0 Å². The van der Waals surface area contributed by atoms with E-state index >= 15 is 0 Å². The van der Waals surface area contributed by atoms with Crippen molar-refractivity contribution in [2.24, 2.45) is 0 Å². The van der Waals surface area contributed by atoms with E-state index in [9.17, 15) is 19.5 Å². The summed E-state index contributed by atoms with van der Waals surface area (Å²) in [6, 6.07) is 7.95. The molecule has 2 amide bonds. The van der Waals surface area contributed by atoms with E-state index in [4.69, 9.17) is 4.74 Å². The van der Waals surface area contributed by atoms with Gasteiger partial charge in [-0.05, 0) is 37.7 Å². The molecule has 0 bridgehead atoms. The topological polar surface area (TPSA) is 87.2 Å². The quantitative estimate of drug-likeness (QED) is 0.890. The number of amides is 2. The smallest absolute Gasteiger partial charge is 0.410 e. The summed E-state index contributed by atoms with van der Waals surface area (Å²) in [5.41, 5.74) is 0.881. The third-order valence-electron chi connectivity index (χ3n) is 5.05. The van der Waals surface area contributed by atoms with Gasteiger partial charge in [-0.1, -0.05) is 30.3 Å². The molecule has 2 fully saturated rings. The molecule has 1 aromatic rings. The van der Waals surface area contributed by atoms with Crippen LogP contribution in [0.3, 0.4) is 0 Å². The average Bonchev–Trinajstić information content (AvgIpc) is 3.16. The Hall–Kier alpha value is -2.57. The molecule has 0 radical (unpaired) electrons. The minimum atomic E-state index is -0.982. The highest BCUT2D eigenvalue weighted by Gasteiger charge is 2.41. The van der Waals surface area contributed by atoms with Gasteiger partial charge in [0.25, 0.3) is 0 Å². The lowest BCUT2D eigenvalue weighted by Gasteiger charge is -2.36. The van der Waals surface area contributed by atoms with Crippen molar-refractivity contribution < 1.29 is 24.2 Å². The molecule has 2 aliphatic rings. The van der Waals surface area contributed by atoms with Crippen molar-refractivity contribution >= 4 is 18.0 Å². The molecule has 1 unspecified atom stereocenters. The highest BCUT2D eigenvalue weighted by atomic mass is 16.6. The maximum Gasteiger partial charge on any atom is 0.410 e. The van der Waals surface area contributed by atoms with E-state index in [2.05, 4.69) is 0 Å². The van der Waals surface area contributed by atoms with Crippen LogP contribution in [0.1, 0.15) is 37.7 Å². The number of hydrogen-bond donors (Lipinski definition) is 1. The van der Waals surface area contributed by atoms with Gasteiger partial charge in [0.05, 0.1) is 0 Å². The van der Waals surface area contributed by atoms with Gasteiger partial charge in [-0.3, -0.25) is 9.69 Å². The Kier molecular flexibility index (Phi) is 5.75. The van der Waals surface area contributed by atoms with Crippen molar-refractivity contribution in [2.75, 3.05) is 13.1 Å². The number of hydrogen-bond acceptors (Lipinski definition) is 4. The number of rotatable bonds is 4. The Morgan fingerprint density at radius 3 is 2.38 bits per heavy atom. The van der Waals surface area contributed by atoms with E-state index in [1.165, 1.54) is 9.80 Å². The third kappa shape index (κ3) is 3.98. The number of aliphatic carboxylic acids is 1. The van der Waals surface area contributed by atoms with Crippen LogP contribution < -0.4 is 0 Å². The molecule has 7 nitrogen and oxygen atoms in total. The van der Waals surface area contributed by atoms with Gasteiger partial charge in [-0.15, -0.1) is 0 Å². The number of piperidine rings is 1. The Bertz CT molecular complexity index is 663. The maximum absolute atomic E-state index is 12.9. The first-order valence-corrected chi connectivity index (χ1v) is 9.08. The second-order valence-electron chi connectivity index (χ2n) is 6.77. The fourth-order valence-electron chi connectivity index (χ4n) is 3.69. The predicted octanol–water partition coefficient (Wildman–Crippen LogP) is 2.25. The van der Waals surface area contributed by atoms with Gasteiger partial charge in [0, 0.05) is 13.1 Å². The van der Waals surface area contributed by atoms with E-state index in [-0.39, 0.29) is 12.5 Å². The van der Waals surface area contributed by atoms with E-state index in [0.717, 1.165) is 18.4 Å². The van der Waals surface area contributed by atoms with E-state index < -0.39 is 24.1 Å². The number of carbonyl (C=O) groups is 3. The number of carboxylic acid groups (broad SMARTS) is 1. The molecule has 140 valence electrons. The number of likely N-dealkylation sites (tertiary alicyclic amines) is 2. The van der Waals surface area contributed by atoms with Crippen LogP contribution >= 0.6 is 0 Å². The van der Waals surface area contributed by atoms with Gasteiger partial charge in [-0.25, -0.2) is 9.59 Å². The summed E-state index contributed by atoms with van der Waals surface area (Å²) in [5.74, 6) is -1.25. The van der Waals surface area contributed by atoms with Gasteiger partial charge in [0.2, 0.25) is 5.91 Å². The van der Waals surface area contributed by atoms with Crippen LogP contribution in [0.4, 0.5) is 4.79 Å². The zero-order valence-electron chi connectivity index (χ0n) is 14.7. The fourth-order valence-corrected chi connectivity index (χ4v) is 3.69. The Balaban J connectivity index is 1.66. The molecular weight excluding hydrogens is 336 g/mol. The zero-order valence-corrected chi connectivity index (χ0v) is 14.7. The summed E-state index contributed by atoms with van der Waals surface area (Å²) in [6.45, 7) is 1.04. The summed E-state index contributed by atoms with van der Waals surface area (Å²) < 4.78 is 5.38. The number of ether oxygens (including phenoxy) is 1. The van der Waals surface area contributed by atoms with Crippen molar-refractivity contribution in [1.29, 1.82) is 0 Å². The third-order valence-corrected chi connectivity index (χ3v) is 5.05. The second kappa shape index (κ2) is 8.21. The summed E-state index contributed by atoms with van der Waals surface area (Å²) in [4.78, 5) is 39.7. The molecule has 2 aliphatic heterocycles. The van der Waals surface area contributed by atoms with E-state index in [1.54, 1.807) is 0 Å². The lowest BCUT2D eigenvalue weighted by molar-refractivity contribution is -0.150. The van der Waals surface area contributed by atoms with Crippen LogP contribution in [0.15, 0.2) is 30.3 Å². The molecule has 2 atom stereocenters. The lowest BCUT2D eigenvalue weighted by atomic mass is 10.0. The van der Waals surface area contributed by atoms with Gasteiger partial charge in [-0.2, -0.15) is 0 Å². The highest BCUT2D eigenvalue weighted by Crippen LogP contribution is 2.25. The average molecular weight is 360 g/mol. The van der Waals surface area contributed by atoms with Gasteiger partial charge in [0.1, 0.15) is 18.7 Å². The van der Waals surface area contributed by atoms with Crippen LogP contribution in [0.2, 0.25) is 0 Å². The van der Waals surface area contributed by atoms with Crippen molar-refractivity contribution in [3.05, 3.63) is 35.9 Å². The minimum Gasteiger partial charge on any atom is -0.480 e. The number of nitrogens with zero attached hydrogens (tertiary/aromatic N) is 2. The first-order valence-electron chi connectivity index (χ1n) is 9.08. The summed E-state index contributed by atoms with van der Waals surface area (Å²) in [7, 11) is 0. The molecule has 1 N–H and O–H groups in total. The molecule has 0 spiro atoms. The minimum absolute atomic E-state index is 0.151. The largest absolute Gasteiger partial charge is 0.480 e. The molecule has 0 aliphatic carbocycles. The molecule has 7 heteroatoms. The first-order chi connectivity index (χ1) is 12.6. The van der Waals surface area contributed by atoms with Crippen LogP contribution in [-0.2, 0) is 20.9 Å². The monoisotopic (exact) mass is 360 g/mol. The SMILES string of the molecule is O=C(O)[C@@H]1CCCN1C(=O)C1CCCCN1C(=O)OCc1ccccc1. The molecule has 1 aromatic carbocycles. The van der Waals surface area contributed by atoms with Crippen molar-refractivity contribution in [1.82, 2.24) is 9.80 Å². The molecule has 0 aromatic heterocycles. The zero-order chi connectivity index (χ0) is 18.5. The van der Waals surface area contributed by atoms with Gasteiger partial charge < -0.3 is 14.7 Å². The first kappa shape index (κ1) is 18.2. The van der Waals surface area contributed by atoms with Crippen molar-refractivity contribution in [2.45, 2.75) is 50.8 Å².